The molecular weight excluding hydrogens is 262 g/mol. The van der Waals surface area contributed by atoms with Gasteiger partial charge in [-0.3, -0.25) is 14.9 Å². The summed E-state index contributed by atoms with van der Waals surface area (Å²) in [7, 11) is -3.72. The van der Waals surface area contributed by atoms with Gasteiger partial charge in [-0.15, -0.1) is 0 Å². The Labute approximate surface area is 103 Å². The van der Waals surface area contributed by atoms with E-state index in [0.29, 0.717) is 0 Å². The van der Waals surface area contributed by atoms with Gasteiger partial charge in [-0.05, 0) is 12.1 Å². The Balaban J connectivity index is 3.07. The van der Waals surface area contributed by atoms with Gasteiger partial charge in [0.15, 0.2) is 15.6 Å². The SMILES string of the molecule is CS(=O)(=O)[C@H](CO)C(=O)c1ccc([N+](=O)[O-])cc1. The third-order valence-corrected chi connectivity index (χ3v) is 3.73. The van der Waals surface area contributed by atoms with Gasteiger partial charge in [0.2, 0.25) is 0 Å². The number of hydrogen-bond acceptors (Lipinski definition) is 6. The molecule has 0 unspecified atom stereocenters. The number of nitro benzene ring substituents is 1. The first-order valence-electron chi connectivity index (χ1n) is 4.85. The van der Waals surface area contributed by atoms with Crippen LogP contribution in [0.4, 0.5) is 5.69 Å². The van der Waals surface area contributed by atoms with E-state index in [1.165, 1.54) is 0 Å². The number of aliphatic hydroxyl groups excluding tert-OH is 1. The van der Waals surface area contributed by atoms with Crippen LogP contribution < -0.4 is 0 Å². The zero-order chi connectivity index (χ0) is 13.9. The monoisotopic (exact) mass is 273 g/mol. The Bertz CT molecular complexity index is 563. The number of carbonyl (C=O) groups is 1. The van der Waals surface area contributed by atoms with Crippen LogP contribution in [0.3, 0.4) is 0 Å². The van der Waals surface area contributed by atoms with E-state index in [1.54, 1.807) is 0 Å². The fourth-order valence-electron chi connectivity index (χ4n) is 1.35. The summed E-state index contributed by atoms with van der Waals surface area (Å²) in [5, 5.41) is 17.8. The number of ketones is 1. The number of aliphatic hydroxyl groups is 1. The summed E-state index contributed by atoms with van der Waals surface area (Å²) in [4.78, 5) is 21.6. The summed E-state index contributed by atoms with van der Waals surface area (Å²) in [6, 6.07) is 4.52. The van der Waals surface area contributed by atoms with Crippen LogP contribution >= 0.6 is 0 Å². The first-order valence-corrected chi connectivity index (χ1v) is 6.81. The first-order chi connectivity index (χ1) is 8.27. The van der Waals surface area contributed by atoms with Crippen molar-refractivity contribution in [3.05, 3.63) is 39.9 Å². The van der Waals surface area contributed by atoms with Crippen LogP contribution in [0.15, 0.2) is 24.3 Å². The molecule has 0 radical (unpaired) electrons. The van der Waals surface area contributed by atoms with E-state index in [4.69, 9.17) is 5.11 Å². The number of nitrogens with zero attached hydrogens (tertiary/aromatic N) is 1. The molecule has 0 spiro atoms. The Morgan fingerprint density at radius 3 is 2.22 bits per heavy atom. The third-order valence-electron chi connectivity index (χ3n) is 2.34. The van der Waals surface area contributed by atoms with Gasteiger partial charge in [0.05, 0.1) is 11.5 Å². The van der Waals surface area contributed by atoms with Crippen LogP contribution in [-0.4, -0.2) is 42.3 Å². The highest BCUT2D eigenvalue weighted by Gasteiger charge is 2.29. The molecule has 0 aliphatic carbocycles. The largest absolute Gasteiger partial charge is 0.395 e. The molecule has 0 amide bonds. The van der Waals surface area contributed by atoms with Gasteiger partial charge in [-0.2, -0.15) is 0 Å². The Kier molecular flexibility index (Phi) is 4.15. The number of Topliss-reactive ketones (excluding diaryl/α,β-unsaturated/α-hetero) is 1. The quantitative estimate of drug-likeness (QED) is 0.465. The van der Waals surface area contributed by atoms with Gasteiger partial charge in [-0.1, -0.05) is 0 Å². The van der Waals surface area contributed by atoms with E-state index >= 15 is 0 Å². The maximum absolute atomic E-state index is 11.8. The minimum Gasteiger partial charge on any atom is -0.395 e. The van der Waals surface area contributed by atoms with Crippen molar-refractivity contribution in [1.82, 2.24) is 0 Å². The standard InChI is InChI=1S/C10H11NO6S/c1-18(16,17)9(6-12)10(13)7-2-4-8(5-3-7)11(14)15/h2-5,9,12H,6H2,1H3/t9-/m1/s1. The lowest BCUT2D eigenvalue weighted by atomic mass is 10.1. The molecular formula is C10H11NO6S. The molecule has 1 aromatic carbocycles. The fourth-order valence-corrected chi connectivity index (χ4v) is 2.14. The number of carbonyl (C=O) groups excluding carboxylic acids is 1. The fraction of sp³-hybridized carbons (Fsp3) is 0.300. The summed E-state index contributed by atoms with van der Waals surface area (Å²) in [5.74, 6) is -0.783. The maximum Gasteiger partial charge on any atom is 0.269 e. The Morgan fingerprint density at radius 2 is 1.89 bits per heavy atom. The molecule has 0 bridgehead atoms. The van der Waals surface area contributed by atoms with Crippen molar-refractivity contribution >= 4 is 21.3 Å². The number of benzene rings is 1. The van der Waals surface area contributed by atoms with Crippen LogP contribution in [-0.2, 0) is 9.84 Å². The summed E-state index contributed by atoms with van der Waals surface area (Å²) < 4.78 is 22.5. The predicted molar refractivity (Wildman–Crippen MR) is 63.1 cm³/mol. The van der Waals surface area contributed by atoms with Gasteiger partial charge < -0.3 is 5.11 Å². The summed E-state index contributed by atoms with van der Waals surface area (Å²) in [6.45, 7) is -0.825. The van der Waals surface area contributed by atoms with Crippen LogP contribution in [0.5, 0.6) is 0 Å². The molecule has 1 N–H and O–H groups in total. The Hall–Kier alpha value is -1.80. The van der Waals surface area contributed by atoms with Crippen molar-refractivity contribution in [2.45, 2.75) is 5.25 Å². The van der Waals surface area contributed by atoms with E-state index in [9.17, 15) is 23.3 Å². The lowest BCUT2D eigenvalue weighted by Crippen LogP contribution is -2.33. The van der Waals surface area contributed by atoms with Crippen molar-refractivity contribution < 1.29 is 23.2 Å². The molecule has 1 atom stereocenters. The Morgan fingerprint density at radius 1 is 1.39 bits per heavy atom. The number of sulfone groups is 1. The second kappa shape index (κ2) is 5.23. The number of non-ortho nitro benzene ring substituents is 1. The van der Waals surface area contributed by atoms with Crippen LogP contribution in [0.25, 0.3) is 0 Å². The average Bonchev–Trinajstić information content (AvgIpc) is 2.28. The van der Waals surface area contributed by atoms with E-state index < -0.39 is 32.4 Å². The van der Waals surface area contributed by atoms with Crippen molar-refractivity contribution in [1.29, 1.82) is 0 Å². The van der Waals surface area contributed by atoms with E-state index in [0.717, 1.165) is 30.5 Å². The molecule has 98 valence electrons. The first kappa shape index (κ1) is 14.3. The zero-order valence-corrected chi connectivity index (χ0v) is 10.3. The van der Waals surface area contributed by atoms with Gasteiger partial charge in [0.1, 0.15) is 5.25 Å². The topological polar surface area (TPSA) is 115 Å². The van der Waals surface area contributed by atoms with Crippen molar-refractivity contribution in [2.24, 2.45) is 0 Å². The average molecular weight is 273 g/mol. The van der Waals surface area contributed by atoms with Crippen molar-refractivity contribution in [3.63, 3.8) is 0 Å². The molecule has 0 fully saturated rings. The van der Waals surface area contributed by atoms with Crippen LogP contribution in [0.1, 0.15) is 10.4 Å². The smallest absolute Gasteiger partial charge is 0.269 e. The molecule has 0 aromatic heterocycles. The van der Waals surface area contributed by atoms with Gasteiger partial charge in [0.25, 0.3) is 5.69 Å². The van der Waals surface area contributed by atoms with Crippen molar-refractivity contribution in [3.8, 4) is 0 Å². The lowest BCUT2D eigenvalue weighted by Gasteiger charge is -2.10. The maximum atomic E-state index is 11.8. The lowest BCUT2D eigenvalue weighted by molar-refractivity contribution is -0.384. The predicted octanol–water partition coefficient (Wildman–Crippen LogP) is 0.183. The second-order valence-corrected chi connectivity index (χ2v) is 5.90. The van der Waals surface area contributed by atoms with Gasteiger partial charge in [0, 0.05) is 24.0 Å². The second-order valence-electron chi connectivity index (χ2n) is 3.67. The van der Waals surface area contributed by atoms with E-state index in [-0.39, 0.29) is 11.3 Å². The normalized spacial score (nSPS) is 13.0. The highest BCUT2D eigenvalue weighted by Crippen LogP contribution is 2.15. The minimum atomic E-state index is -3.72. The zero-order valence-electron chi connectivity index (χ0n) is 9.44. The molecule has 0 saturated heterocycles. The molecule has 0 aliphatic rings. The summed E-state index contributed by atoms with van der Waals surface area (Å²) >= 11 is 0. The minimum absolute atomic E-state index is 0.00470. The highest BCUT2D eigenvalue weighted by molar-refractivity contribution is 7.92. The molecule has 0 aliphatic heterocycles. The van der Waals surface area contributed by atoms with Gasteiger partial charge >= 0.3 is 0 Å². The van der Waals surface area contributed by atoms with Crippen LogP contribution in [0.2, 0.25) is 0 Å². The van der Waals surface area contributed by atoms with Crippen LogP contribution in [0, 0.1) is 10.1 Å². The van der Waals surface area contributed by atoms with E-state index in [2.05, 4.69) is 0 Å². The van der Waals surface area contributed by atoms with Crippen molar-refractivity contribution in [2.75, 3.05) is 12.9 Å². The molecule has 18 heavy (non-hydrogen) atoms. The number of rotatable bonds is 5. The molecule has 7 nitrogen and oxygen atoms in total. The molecule has 1 rings (SSSR count). The molecule has 1 aromatic rings. The highest BCUT2D eigenvalue weighted by atomic mass is 32.2. The molecule has 8 heteroatoms. The third kappa shape index (κ3) is 3.11. The molecule has 0 saturated carbocycles. The van der Waals surface area contributed by atoms with E-state index in [1.807, 2.05) is 0 Å². The summed E-state index contributed by atoms with van der Waals surface area (Å²) in [5.41, 5.74) is -0.198. The number of hydrogen-bond donors (Lipinski definition) is 1. The molecule has 0 heterocycles. The summed E-state index contributed by atoms with van der Waals surface area (Å²) in [6.07, 6.45) is 0.844. The number of nitro groups is 1. The van der Waals surface area contributed by atoms with Gasteiger partial charge in [-0.25, -0.2) is 8.42 Å².